The lowest BCUT2D eigenvalue weighted by molar-refractivity contribution is 0.222. The van der Waals surface area contributed by atoms with Gasteiger partial charge in [-0.2, -0.15) is 0 Å². The molecule has 0 aliphatic carbocycles. The van der Waals surface area contributed by atoms with Crippen molar-refractivity contribution in [3.8, 4) is 0 Å². The first-order valence-corrected chi connectivity index (χ1v) is 4.60. The van der Waals surface area contributed by atoms with Crippen LogP contribution >= 0.6 is 0 Å². The SMILES string of the molecule is C/C=C/C=C\C(=C(/C)COC)N(C)N. The lowest BCUT2D eigenvalue weighted by Crippen LogP contribution is -2.25. The molecule has 3 nitrogen and oxygen atoms in total. The fourth-order valence-corrected chi connectivity index (χ4v) is 1.11. The third-order valence-corrected chi connectivity index (χ3v) is 1.74. The molecular formula is C11H20N2O. The molecule has 0 aliphatic rings. The second-order valence-electron chi connectivity index (χ2n) is 3.09. The van der Waals surface area contributed by atoms with Crippen molar-refractivity contribution in [1.29, 1.82) is 0 Å². The molecule has 0 radical (unpaired) electrons. The van der Waals surface area contributed by atoms with Gasteiger partial charge >= 0.3 is 0 Å². The second kappa shape index (κ2) is 7.35. The van der Waals surface area contributed by atoms with Gasteiger partial charge < -0.3 is 9.75 Å². The van der Waals surface area contributed by atoms with Gasteiger partial charge in [0.15, 0.2) is 0 Å². The van der Waals surface area contributed by atoms with Crippen LogP contribution in [0.3, 0.4) is 0 Å². The smallest absolute Gasteiger partial charge is 0.0693 e. The average molecular weight is 196 g/mol. The molecule has 0 saturated carbocycles. The molecular weight excluding hydrogens is 176 g/mol. The van der Waals surface area contributed by atoms with Crippen LogP contribution in [-0.2, 0) is 4.74 Å². The molecule has 0 heterocycles. The van der Waals surface area contributed by atoms with E-state index >= 15 is 0 Å². The molecule has 0 bridgehead atoms. The summed E-state index contributed by atoms with van der Waals surface area (Å²) in [6, 6.07) is 0. The maximum absolute atomic E-state index is 5.69. The Morgan fingerprint density at radius 3 is 2.50 bits per heavy atom. The number of nitrogens with two attached hydrogens (primary N) is 1. The van der Waals surface area contributed by atoms with Gasteiger partial charge in [-0.25, -0.2) is 5.84 Å². The van der Waals surface area contributed by atoms with E-state index in [-0.39, 0.29) is 0 Å². The van der Waals surface area contributed by atoms with E-state index in [1.165, 1.54) is 0 Å². The third kappa shape index (κ3) is 4.84. The minimum absolute atomic E-state index is 0.594. The maximum Gasteiger partial charge on any atom is 0.0693 e. The molecule has 2 N–H and O–H groups in total. The van der Waals surface area contributed by atoms with Crippen LogP contribution in [0.5, 0.6) is 0 Å². The predicted octanol–water partition coefficient (Wildman–Crippen LogP) is 1.84. The highest BCUT2D eigenvalue weighted by Gasteiger charge is 2.00. The summed E-state index contributed by atoms with van der Waals surface area (Å²) in [6.07, 6.45) is 7.85. The van der Waals surface area contributed by atoms with Crippen LogP contribution in [0, 0.1) is 0 Å². The van der Waals surface area contributed by atoms with Crippen molar-refractivity contribution in [2.75, 3.05) is 20.8 Å². The standard InChI is InChI=1S/C11H20N2O/c1-5-6-7-8-11(13(3)12)10(2)9-14-4/h5-8H,9,12H2,1-4H3/b6-5+,8-7-,11-10-. The quantitative estimate of drug-likeness (QED) is 0.414. The number of methoxy groups -OCH3 is 1. The lowest BCUT2D eigenvalue weighted by Gasteiger charge is -2.16. The summed E-state index contributed by atoms with van der Waals surface area (Å²) in [7, 11) is 3.49. The van der Waals surface area contributed by atoms with Crippen molar-refractivity contribution in [1.82, 2.24) is 5.01 Å². The summed E-state index contributed by atoms with van der Waals surface area (Å²) in [4.78, 5) is 0. The highest BCUT2D eigenvalue weighted by molar-refractivity contribution is 5.25. The summed E-state index contributed by atoms with van der Waals surface area (Å²) < 4.78 is 5.05. The van der Waals surface area contributed by atoms with Crippen LogP contribution in [0.2, 0.25) is 0 Å². The van der Waals surface area contributed by atoms with Gasteiger partial charge in [-0.3, -0.25) is 0 Å². The molecule has 0 aromatic rings. The van der Waals surface area contributed by atoms with Gasteiger partial charge in [0.25, 0.3) is 0 Å². The first kappa shape index (κ1) is 12.9. The molecule has 0 unspecified atom stereocenters. The number of hydrazine groups is 1. The molecule has 0 fully saturated rings. The van der Waals surface area contributed by atoms with Gasteiger partial charge in [0.1, 0.15) is 0 Å². The number of rotatable bonds is 5. The van der Waals surface area contributed by atoms with E-state index in [9.17, 15) is 0 Å². The van der Waals surface area contributed by atoms with Gasteiger partial charge in [-0.15, -0.1) is 0 Å². The van der Waals surface area contributed by atoms with Crippen molar-refractivity contribution < 1.29 is 4.74 Å². The van der Waals surface area contributed by atoms with Crippen LogP contribution in [0.1, 0.15) is 13.8 Å². The van der Waals surface area contributed by atoms with Crippen LogP contribution in [0.25, 0.3) is 0 Å². The van der Waals surface area contributed by atoms with Crippen molar-refractivity contribution in [2.24, 2.45) is 5.84 Å². The molecule has 3 heteroatoms. The summed E-state index contributed by atoms with van der Waals surface area (Å²) in [5, 5.41) is 1.59. The van der Waals surface area contributed by atoms with Gasteiger partial charge in [0, 0.05) is 14.2 Å². The Kier molecular flexibility index (Phi) is 6.80. The number of hydrogen-bond donors (Lipinski definition) is 1. The van der Waals surface area contributed by atoms with Crippen LogP contribution < -0.4 is 5.84 Å². The Balaban J connectivity index is 4.66. The van der Waals surface area contributed by atoms with E-state index < -0.39 is 0 Å². The topological polar surface area (TPSA) is 38.5 Å². The molecule has 0 spiro atoms. The van der Waals surface area contributed by atoms with E-state index in [1.54, 1.807) is 12.1 Å². The van der Waals surface area contributed by atoms with Crippen LogP contribution in [-0.4, -0.2) is 25.8 Å². The summed E-state index contributed by atoms with van der Waals surface area (Å²) in [5.74, 6) is 5.69. The molecule has 0 aromatic carbocycles. The van der Waals surface area contributed by atoms with E-state index in [4.69, 9.17) is 10.6 Å². The molecule has 0 saturated heterocycles. The number of nitrogens with zero attached hydrogens (tertiary/aromatic N) is 1. The van der Waals surface area contributed by atoms with E-state index in [1.807, 2.05) is 45.2 Å². The molecule has 0 aliphatic heterocycles. The Labute approximate surface area is 86.5 Å². The fraction of sp³-hybridized carbons (Fsp3) is 0.455. The van der Waals surface area contributed by atoms with Crippen LogP contribution in [0.4, 0.5) is 0 Å². The maximum atomic E-state index is 5.69. The Morgan fingerprint density at radius 2 is 2.07 bits per heavy atom. The zero-order chi connectivity index (χ0) is 11.0. The lowest BCUT2D eigenvalue weighted by atomic mass is 10.2. The summed E-state index contributed by atoms with van der Waals surface area (Å²) in [5.41, 5.74) is 2.09. The molecule has 14 heavy (non-hydrogen) atoms. The summed E-state index contributed by atoms with van der Waals surface area (Å²) in [6.45, 7) is 4.57. The zero-order valence-electron chi connectivity index (χ0n) is 9.45. The predicted molar refractivity (Wildman–Crippen MR) is 60.5 cm³/mol. The third-order valence-electron chi connectivity index (χ3n) is 1.74. The first-order chi connectivity index (χ1) is 6.63. The monoisotopic (exact) mass is 196 g/mol. The van der Waals surface area contributed by atoms with Crippen LogP contribution in [0.15, 0.2) is 35.6 Å². The van der Waals surface area contributed by atoms with Crippen molar-refractivity contribution in [2.45, 2.75) is 13.8 Å². The average Bonchev–Trinajstić information content (AvgIpc) is 2.12. The van der Waals surface area contributed by atoms with E-state index in [0.717, 1.165) is 11.3 Å². The Bertz CT molecular complexity index is 240. The number of ether oxygens (including phenoxy) is 1. The van der Waals surface area contributed by atoms with Gasteiger partial charge in [0.05, 0.1) is 12.3 Å². The minimum Gasteiger partial charge on any atom is -0.380 e. The van der Waals surface area contributed by atoms with Crippen molar-refractivity contribution in [3.63, 3.8) is 0 Å². The first-order valence-electron chi connectivity index (χ1n) is 4.60. The Hall–Kier alpha value is -1.06. The molecule has 0 rings (SSSR count). The summed E-state index contributed by atoms with van der Waals surface area (Å²) >= 11 is 0. The van der Waals surface area contributed by atoms with E-state index in [2.05, 4.69) is 0 Å². The van der Waals surface area contributed by atoms with Gasteiger partial charge in [-0.1, -0.05) is 18.2 Å². The molecule has 0 aromatic heterocycles. The van der Waals surface area contributed by atoms with Crippen molar-refractivity contribution in [3.05, 3.63) is 35.6 Å². The minimum atomic E-state index is 0.594. The molecule has 0 atom stereocenters. The molecule has 80 valence electrons. The Morgan fingerprint density at radius 1 is 1.43 bits per heavy atom. The van der Waals surface area contributed by atoms with E-state index in [0.29, 0.717) is 6.61 Å². The number of hydrogen-bond acceptors (Lipinski definition) is 3. The largest absolute Gasteiger partial charge is 0.380 e. The normalized spacial score (nSPS) is 13.8. The number of allylic oxidation sites excluding steroid dienone is 4. The highest BCUT2D eigenvalue weighted by atomic mass is 16.5. The fourth-order valence-electron chi connectivity index (χ4n) is 1.11. The zero-order valence-corrected chi connectivity index (χ0v) is 9.45. The van der Waals surface area contributed by atoms with Crippen molar-refractivity contribution >= 4 is 0 Å². The second-order valence-corrected chi connectivity index (χ2v) is 3.09. The van der Waals surface area contributed by atoms with Gasteiger partial charge in [-0.05, 0) is 25.5 Å². The highest BCUT2D eigenvalue weighted by Crippen LogP contribution is 2.07. The number of likely N-dealkylation sites (N-methyl/N-ethyl adjacent to an activating group) is 1. The molecule has 0 amide bonds. The van der Waals surface area contributed by atoms with Gasteiger partial charge in [0.2, 0.25) is 0 Å².